The van der Waals surface area contributed by atoms with Crippen LogP contribution in [-0.2, 0) is 0 Å². The van der Waals surface area contributed by atoms with Crippen molar-refractivity contribution in [1.82, 2.24) is 15.2 Å². The number of aromatic amines is 1. The van der Waals surface area contributed by atoms with E-state index in [-0.39, 0.29) is 0 Å². The SMILES string of the molecule is c1ccc(-c2cc(-c3cncc(-c4cccs4)c3)n[nH]2)cc1. The van der Waals surface area contributed by atoms with Gasteiger partial charge in [0.15, 0.2) is 0 Å². The van der Waals surface area contributed by atoms with Gasteiger partial charge in [-0.05, 0) is 29.1 Å². The number of benzene rings is 1. The first-order valence-electron chi connectivity index (χ1n) is 7.00. The van der Waals surface area contributed by atoms with E-state index in [1.807, 2.05) is 30.6 Å². The van der Waals surface area contributed by atoms with Gasteiger partial charge in [0.05, 0.1) is 11.4 Å². The predicted octanol–water partition coefficient (Wildman–Crippen LogP) is 4.87. The van der Waals surface area contributed by atoms with E-state index >= 15 is 0 Å². The predicted molar refractivity (Wildman–Crippen MR) is 90.6 cm³/mol. The van der Waals surface area contributed by atoms with Crippen molar-refractivity contribution in [3.8, 4) is 33.0 Å². The largest absolute Gasteiger partial charge is 0.277 e. The highest BCUT2D eigenvalue weighted by molar-refractivity contribution is 7.13. The van der Waals surface area contributed by atoms with Gasteiger partial charge in [-0.2, -0.15) is 5.10 Å². The number of nitrogens with one attached hydrogen (secondary N) is 1. The Labute approximate surface area is 132 Å². The van der Waals surface area contributed by atoms with E-state index in [1.54, 1.807) is 11.3 Å². The molecule has 0 bridgehead atoms. The summed E-state index contributed by atoms with van der Waals surface area (Å²) in [5, 5.41) is 9.60. The van der Waals surface area contributed by atoms with Gasteiger partial charge in [-0.1, -0.05) is 36.4 Å². The highest BCUT2D eigenvalue weighted by Gasteiger charge is 2.08. The van der Waals surface area contributed by atoms with Gasteiger partial charge in [0.25, 0.3) is 0 Å². The molecule has 3 nitrogen and oxygen atoms in total. The number of hydrogen-bond donors (Lipinski definition) is 1. The molecule has 0 aliphatic heterocycles. The van der Waals surface area contributed by atoms with Gasteiger partial charge in [-0.15, -0.1) is 11.3 Å². The third-order valence-electron chi connectivity index (χ3n) is 3.50. The second-order valence-electron chi connectivity index (χ2n) is 4.97. The maximum absolute atomic E-state index is 4.42. The molecule has 22 heavy (non-hydrogen) atoms. The minimum Gasteiger partial charge on any atom is -0.277 e. The lowest BCUT2D eigenvalue weighted by atomic mass is 10.1. The molecule has 0 amide bonds. The highest BCUT2D eigenvalue weighted by Crippen LogP contribution is 2.29. The van der Waals surface area contributed by atoms with Gasteiger partial charge in [0.1, 0.15) is 0 Å². The Balaban J connectivity index is 1.71. The Morgan fingerprint density at radius 3 is 2.50 bits per heavy atom. The van der Waals surface area contributed by atoms with Crippen molar-refractivity contribution in [2.75, 3.05) is 0 Å². The summed E-state index contributed by atoms with van der Waals surface area (Å²) in [5.74, 6) is 0. The molecule has 3 aromatic heterocycles. The van der Waals surface area contributed by atoms with Crippen LogP contribution in [0.15, 0.2) is 72.4 Å². The number of nitrogens with zero attached hydrogens (tertiary/aromatic N) is 2. The van der Waals surface area contributed by atoms with Gasteiger partial charge in [0, 0.05) is 28.4 Å². The van der Waals surface area contributed by atoms with Gasteiger partial charge < -0.3 is 0 Å². The summed E-state index contributed by atoms with van der Waals surface area (Å²) in [6.07, 6.45) is 3.74. The molecule has 0 unspecified atom stereocenters. The van der Waals surface area contributed by atoms with Crippen molar-refractivity contribution in [2.24, 2.45) is 0 Å². The number of H-pyrrole nitrogens is 1. The monoisotopic (exact) mass is 303 g/mol. The van der Waals surface area contributed by atoms with Gasteiger partial charge >= 0.3 is 0 Å². The van der Waals surface area contributed by atoms with E-state index in [0.29, 0.717) is 0 Å². The van der Waals surface area contributed by atoms with E-state index < -0.39 is 0 Å². The third kappa shape index (κ3) is 2.44. The van der Waals surface area contributed by atoms with Crippen molar-refractivity contribution in [2.45, 2.75) is 0 Å². The normalized spacial score (nSPS) is 10.7. The molecule has 1 aromatic carbocycles. The zero-order chi connectivity index (χ0) is 14.8. The lowest BCUT2D eigenvalue weighted by Gasteiger charge is -2.00. The average Bonchev–Trinajstić information content (AvgIpc) is 3.28. The fourth-order valence-corrected chi connectivity index (χ4v) is 3.10. The summed E-state index contributed by atoms with van der Waals surface area (Å²) in [6.45, 7) is 0. The van der Waals surface area contributed by atoms with Gasteiger partial charge in [0.2, 0.25) is 0 Å². The van der Waals surface area contributed by atoms with Crippen molar-refractivity contribution in [3.63, 3.8) is 0 Å². The molecule has 0 aliphatic carbocycles. The zero-order valence-electron chi connectivity index (χ0n) is 11.7. The van der Waals surface area contributed by atoms with Crippen LogP contribution in [0.3, 0.4) is 0 Å². The van der Waals surface area contributed by atoms with Crippen LogP contribution in [0.2, 0.25) is 0 Å². The zero-order valence-corrected chi connectivity index (χ0v) is 12.5. The fraction of sp³-hybridized carbons (Fsp3) is 0. The first kappa shape index (κ1) is 13.0. The molecule has 106 valence electrons. The molecule has 0 spiro atoms. The fourth-order valence-electron chi connectivity index (χ4n) is 2.39. The van der Waals surface area contributed by atoms with Crippen LogP contribution in [-0.4, -0.2) is 15.2 Å². The Bertz CT molecular complexity index is 880. The van der Waals surface area contributed by atoms with E-state index in [4.69, 9.17) is 0 Å². The first-order chi connectivity index (χ1) is 10.9. The highest BCUT2D eigenvalue weighted by atomic mass is 32.1. The number of thiophene rings is 1. The standard InChI is InChI=1S/C18H13N3S/c1-2-5-13(6-3-1)16-10-17(21-20-16)14-9-15(12-19-11-14)18-7-4-8-22-18/h1-12H,(H,20,21). The maximum Gasteiger partial charge on any atom is 0.0942 e. The molecular formula is C18H13N3S. The van der Waals surface area contributed by atoms with Crippen molar-refractivity contribution >= 4 is 11.3 Å². The van der Waals surface area contributed by atoms with Crippen LogP contribution < -0.4 is 0 Å². The summed E-state index contributed by atoms with van der Waals surface area (Å²) in [5.41, 5.74) is 5.19. The molecule has 0 saturated carbocycles. The molecule has 4 aromatic rings. The number of hydrogen-bond acceptors (Lipinski definition) is 3. The molecule has 0 saturated heterocycles. The lowest BCUT2D eigenvalue weighted by Crippen LogP contribution is -1.82. The Hall–Kier alpha value is -2.72. The first-order valence-corrected chi connectivity index (χ1v) is 7.88. The van der Waals surface area contributed by atoms with Crippen LogP contribution in [0.25, 0.3) is 33.0 Å². The molecule has 4 rings (SSSR count). The molecule has 1 N–H and O–H groups in total. The summed E-state index contributed by atoms with van der Waals surface area (Å²) >= 11 is 1.71. The van der Waals surface area contributed by atoms with Crippen LogP contribution >= 0.6 is 11.3 Å². The minimum atomic E-state index is 0.907. The summed E-state index contributed by atoms with van der Waals surface area (Å²) in [6, 6.07) is 18.5. The van der Waals surface area contributed by atoms with Crippen LogP contribution in [0.5, 0.6) is 0 Å². The Kier molecular flexibility index (Phi) is 3.29. The van der Waals surface area contributed by atoms with E-state index in [1.165, 1.54) is 4.88 Å². The van der Waals surface area contributed by atoms with E-state index in [9.17, 15) is 0 Å². The molecular weight excluding hydrogens is 290 g/mol. The van der Waals surface area contributed by atoms with Gasteiger partial charge in [-0.3, -0.25) is 10.1 Å². The second kappa shape index (κ2) is 5.58. The summed E-state index contributed by atoms with van der Waals surface area (Å²) < 4.78 is 0. The van der Waals surface area contributed by atoms with Crippen LogP contribution in [0.4, 0.5) is 0 Å². The van der Waals surface area contributed by atoms with Crippen LogP contribution in [0, 0.1) is 0 Å². The lowest BCUT2D eigenvalue weighted by molar-refractivity contribution is 1.10. The summed E-state index contributed by atoms with van der Waals surface area (Å²) in [4.78, 5) is 5.57. The van der Waals surface area contributed by atoms with E-state index in [2.05, 4.69) is 57.0 Å². The topological polar surface area (TPSA) is 41.6 Å². The van der Waals surface area contributed by atoms with Crippen molar-refractivity contribution < 1.29 is 0 Å². The van der Waals surface area contributed by atoms with E-state index in [0.717, 1.165) is 28.1 Å². The molecule has 3 heterocycles. The summed E-state index contributed by atoms with van der Waals surface area (Å²) in [7, 11) is 0. The molecule has 0 aliphatic rings. The van der Waals surface area contributed by atoms with Gasteiger partial charge in [-0.25, -0.2) is 0 Å². The quantitative estimate of drug-likeness (QED) is 0.587. The van der Waals surface area contributed by atoms with Crippen molar-refractivity contribution in [3.05, 3.63) is 72.4 Å². The number of aromatic nitrogens is 3. The second-order valence-corrected chi connectivity index (χ2v) is 5.92. The third-order valence-corrected chi connectivity index (χ3v) is 4.42. The smallest absolute Gasteiger partial charge is 0.0942 e. The Morgan fingerprint density at radius 2 is 1.68 bits per heavy atom. The average molecular weight is 303 g/mol. The minimum absolute atomic E-state index is 0.907. The molecule has 0 radical (unpaired) electrons. The number of rotatable bonds is 3. The van der Waals surface area contributed by atoms with Crippen LogP contribution in [0.1, 0.15) is 0 Å². The molecule has 4 heteroatoms. The molecule has 0 fully saturated rings. The van der Waals surface area contributed by atoms with Crippen molar-refractivity contribution in [1.29, 1.82) is 0 Å². The maximum atomic E-state index is 4.42. The Morgan fingerprint density at radius 1 is 0.818 bits per heavy atom. The number of pyridine rings is 1. The molecule has 0 atom stereocenters.